The topological polar surface area (TPSA) is 9.23 Å². The molecule has 0 saturated heterocycles. The Morgan fingerprint density at radius 3 is 2.44 bits per heavy atom. The van der Waals surface area contributed by atoms with Crippen molar-refractivity contribution in [1.29, 1.82) is 0 Å². The third-order valence-corrected chi connectivity index (χ3v) is 2.00. The van der Waals surface area contributed by atoms with Crippen LogP contribution in [0.3, 0.4) is 0 Å². The van der Waals surface area contributed by atoms with Crippen molar-refractivity contribution in [2.45, 2.75) is 0 Å². The third-order valence-electron chi connectivity index (χ3n) is 0.964. The summed E-state index contributed by atoms with van der Waals surface area (Å²) in [6.07, 6.45) is 0. The average molecular weight is 247 g/mol. The maximum atomic E-state index is 5.72. The van der Waals surface area contributed by atoms with Crippen LogP contribution >= 0.6 is 11.6 Å². The Morgan fingerprint density at radius 2 is 2.00 bits per heavy atom. The Balaban J connectivity index is 3.01. The fourth-order valence-electron chi connectivity index (χ4n) is 0.540. The second-order valence-electron chi connectivity index (χ2n) is 1.55. The second-order valence-corrected chi connectivity index (χ2v) is 2.63. The molecule has 46 valence electrons. The van der Waals surface area contributed by atoms with Gasteiger partial charge in [-0.15, -0.1) is 0 Å². The van der Waals surface area contributed by atoms with Gasteiger partial charge in [0, 0.05) is 0 Å². The van der Waals surface area contributed by atoms with Crippen LogP contribution in [0.5, 0.6) is 5.75 Å². The van der Waals surface area contributed by atoms with E-state index in [4.69, 9.17) is 14.7 Å². The van der Waals surface area contributed by atoms with Gasteiger partial charge in [-0.2, -0.15) is 0 Å². The normalized spacial score (nSPS) is 9.11. The van der Waals surface area contributed by atoms with Crippen molar-refractivity contribution in [2.24, 2.45) is 0 Å². The van der Waals surface area contributed by atoms with E-state index in [1.165, 1.54) is 0 Å². The molecule has 9 heavy (non-hydrogen) atoms. The number of hydrogen-bond acceptors (Lipinski definition) is 1. The van der Waals surface area contributed by atoms with E-state index in [9.17, 15) is 0 Å². The van der Waals surface area contributed by atoms with Gasteiger partial charge in [0.1, 0.15) is 0 Å². The Labute approximate surface area is 72.6 Å². The van der Waals surface area contributed by atoms with Crippen LogP contribution in [0.25, 0.3) is 0 Å². The molecule has 2 radical (unpaired) electrons. The molecule has 0 aliphatic heterocycles. The summed E-state index contributed by atoms with van der Waals surface area (Å²) in [5.41, 5.74) is 0. The third kappa shape index (κ3) is 1.76. The van der Waals surface area contributed by atoms with Gasteiger partial charge in [-0.05, 0) is 0 Å². The van der Waals surface area contributed by atoms with Crippen molar-refractivity contribution >= 4 is 34.5 Å². The molecule has 0 aliphatic carbocycles. The molecule has 0 aromatic heterocycles. The van der Waals surface area contributed by atoms with E-state index in [0.29, 0.717) is 5.02 Å². The molecule has 1 nitrogen and oxygen atoms in total. The van der Waals surface area contributed by atoms with Gasteiger partial charge in [0.05, 0.1) is 0 Å². The van der Waals surface area contributed by atoms with Crippen molar-refractivity contribution in [2.75, 3.05) is 0 Å². The van der Waals surface area contributed by atoms with Crippen LogP contribution in [0.1, 0.15) is 0 Å². The molecule has 0 unspecified atom stereocenters. The van der Waals surface area contributed by atoms with Crippen LogP contribution in [-0.2, 0) is 0 Å². The molecule has 0 aliphatic rings. The van der Waals surface area contributed by atoms with E-state index in [0.717, 1.165) is 28.7 Å². The van der Waals surface area contributed by atoms with E-state index >= 15 is 0 Å². The summed E-state index contributed by atoms with van der Waals surface area (Å²) in [7, 11) is 0. The first-order valence-electron chi connectivity index (χ1n) is 2.46. The van der Waals surface area contributed by atoms with Crippen molar-refractivity contribution in [1.82, 2.24) is 0 Å². The first-order valence-corrected chi connectivity index (χ1v) is 4.18. The zero-order valence-electron chi connectivity index (χ0n) is 4.67. The van der Waals surface area contributed by atoms with Crippen molar-refractivity contribution < 1.29 is 3.07 Å². The van der Waals surface area contributed by atoms with E-state index in [1.54, 1.807) is 0 Å². The van der Waals surface area contributed by atoms with Crippen LogP contribution in [0.15, 0.2) is 24.3 Å². The Bertz CT molecular complexity index is 202. The number of halogens is 1. The maximum absolute atomic E-state index is 5.72. The predicted octanol–water partition coefficient (Wildman–Crippen LogP) is 1.53. The minimum atomic E-state index is 0.685. The molecule has 1 aromatic carbocycles. The van der Waals surface area contributed by atoms with Crippen LogP contribution in [0.4, 0.5) is 0 Å². The SMILES string of the molecule is Clc1ccccc1[O][SnH]. The van der Waals surface area contributed by atoms with Gasteiger partial charge in [-0.25, -0.2) is 0 Å². The van der Waals surface area contributed by atoms with Gasteiger partial charge in [-0.1, -0.05) is 0 Å². The zero-order chi connectivity index (χ0) is 6.69. The first kappa shape index (κ1) is 7.22. The summed E-state index contributed by atoms with van der Waals surface area (Å²) in [6, 6.07) is 7.45. The summed E-state index contributed by atoms with van der Waals surface area (Å²) in [5.74, 6) is 0.779. The zero-order valence-corrected chi connectivity index (χ0v) is 8.72. The summed E-state index contributed by atoms with van der Waals surface area (Å²) in [4.78, 5) is 0. The van der Waals surface area contributed by atoms with Crippen molar-refractivity contribution in [3.63, 3.8) is 0 Å². The molecule has 0 spiro atoms. The first-order chi connectivity index (χ1) is 4.34. The fraction of sp³-hybridized carbons (Fsp3) is 0. The Kier molecular flexibility index (Phi) is 2.66. The molecule has 0 N–H and O–H groups in total. The minimum absolute atomic E-state index is 0.685. The number of rotatable bonds is 1. The quantitative estimate of drug-likeness (QED) is 0.684. The second kappa shape index (κ2) is 3.32. The number of benzene rings is 1. The van der Waals surface area contributed by atoms with Gasteiger partial charge in [0.25, 0.3) is 0 Å². The summed E-state index contributed by atoms with van der Waals surface area (Å²) in [6.45, 7) is 0. The summed E-state index contributed by atoms with van der Waals surface area (Å²) >= 11 is 6.47. The van der Waals surface area contributed by atoms with E-state index in [1.807, 2.05) is 24.3 Å². The molecule has 0 bridgehead atoms. The molecule has 1 aromatic rings. The molecule has 0 fully saturated rings. The Morgan fingerprint density at radius 1 is 1.33 bits per heavy atom. The predicted molar refractivity (Wildman–Crippen MR) is 39.2 cm³/mol. The van der Waals surface area contributed by atoms with Gasteiger partial charge in [-0.3, -0.25) is 0 Å². The van der Waals surface area contributed by atoms with Crippen LogP contribution < -0.4 is 3.07 Å². The molecule has 1 rings (SSSR count). The van der Waals surface area contributed by atoms with Crippen LogP contribution in [0, 0.1) is 0 Å². The molecule has 0 saturated carbocycles. The van der Waals surface area contributed by atoms with Crippen molar-refractivity contribution in [3.8, 4) is 5.75 Å². The molecular formula is C6H5ClOSn. The molecular weight excluding hydrogens is 242 g/mol. The average Bonchev–Trinajstić information content (AvgIpc) is 1.89. The van der Waals surface area contributed by atoms with Crippen molar-refractivity contribution in [3.05, 3.63) is 29.3 Å². The molecule has 0 atom stereocenters. The standard InChI is InChI=1S/C6H5ClO.Sn.H/c7-5-3-1-2-4-6(5)8;;/h1-4,8H;;/q;+1;/p-1. The van der Waals surface area contributed by atoms with E-state index in [2.05, 4.69) is 0 Å². The monoisotopic (exact) mass is 248 g/mol. The van der Waals surface area contributed by atoms with Gasteiger partial charge >= 0.3 is 72.7 Å². The van der Waals surface area contributed by atoms with Crippen LogP contribution in [0.2, 0.25) is 5.02 Å². The van der Waals surface area contributed by atoms with Crippen LogP contribution in [-0.4, -0.2) is 22.9 Å². The van der Waals surface area contributed by atoms with Gasteiger partial charge < -0.3 is 0 Å². The van der Waals surface area contributed by atoms with Gasteiger partial charge in [0.15, 0.2) is 0 Å². The molecule has 0 heterocycles. The van der Waals surface area contributed by atoms with E-state index < -0.39 is 0 Å². The van der Waals surface area contributed by atoms with Gasteiger partial charge in [0.2, 0.25) is 0 Å². The summed E-state index contributed by atoms with van der Waals surface area (Å²) in [5, 5.41) is 0.685. The Hall–Kier alpha value is 0.109. The van der Waals surface area contributed by atoms with E-state index in [-0.39, 0.29) is 0 Å². The number of para-hydroxylation sites is 1. The molecule has 3 heteroatoms. The number of hydrogen-bond donors (Lipinski definition) is 0. The fourth-order valence-corrected chi connectivity index (χ4v) is 1.52. The summed E-state index contributed by atoms with van der Waals surface area (Å²) < 4.78 is 5.04. The molecule has 0 amide bonds.